The summed E-state index contributed by atoms with van der Waals surface area (Å²) >= 11 is 0. The van der Waals surface area contributed by atoms with Crippen LogP contribution < -0.4 is 10.0 Å². The lowest BCUT2D eigenvalue weighted by atomic mass is 10.1. The first-order valence-electron chi connectivity index (χ1n) is 5.28. The molecule has 2 nitrogen and oxygen atoms in total. The number of rotatable bonds is 3. The molecule has 0 radical (unpaired) electrons. The molecular weight excluding hydrogens is 276 g/mol. The topological polar surface area (TPSA) is 26.3 Å². The van der Waals surface area contributed by atoms with Gasteiger partial charge in [0.1, 0.15) is 5.75 Å². The Morgan fingerprint density at radius 3 is 2.16 bits per heavy atom. The van der Waals surface area contributed by atoms with Crippen LogP contribution in [0.4, 0.5) is 13.2 Å². The summed E-state index contributed by atoms with van der Waals surface area (Å²) in [5, 5.41) is 0.576. The van der Waals surface area contributed by atoms with Crippen LogP contribution in [0.25, 0.3) is 11.1 Å². The molecule has 0 aliphatic carbocycles. The van der Waals surface area contributed by atoms with Gasteiger partial charge < -0.3 is 4.74 Å². The van der Waals surface area contributed by atoms with Crippen molar-refractivity contribution >= 4 is 13.8 Å². The molecule has 98 valence electrons. The van der Waals surface area contributed by atoms with Gasteiger partial charge in [-0.25, -0.2) is 0 Å². The van der Waals surface area contributed by atoms with Crippen molar-refractivity contribution in [2.24, 2.45) is 0 Å². The fourth-order valence-electron chi connectivity index (χ4n) is 1.63. The van der Waals surface area contributed by atoms with Crippen LogP contribution in [-0.4, -0.2) is 6.36 Å². The minimum atomic E-state index is -4.70. The maximum Gasteiger partial charge on any atom is 0.573 e. The largest absolute Gasteiger partial charge is 0.573 e. The lowest BCUT2D eigenvalue weighted by Gasteiger charge is -2.09. The summed E-state index contributed by atoms with van der Waals surface area (Å²) < 4.78 is 50.8. The van der Waals surface area contributed by atoms with Crippen molar-refractivity contribution in [3.05, 3.63) is 48.5 Å². The third-order valence-corrected chi connectivity index (χ3v) is 2.99. The van der Waals surface area contributed by atoms with Gasteiger partial charge in [0.25, 0.3) is 0 Å². The maximum atomic E-state index is 12.0. The van der Waals surface area contributed by atoms with Crippen LogP contribution in [0.3, 0.4) is 0 Å². The molecule has 0 bridgehead atoms. The van der Waals surface area contributed by atoms with Crippen molar-refractivity contribution in [2.75, 3.05) is 0 Å². The van der Waals surface area contributed by atoms with E-state index in [0.29, 0.717) is 16.4 Å². The van der Waals surface area contributed by atoms with Gasteiger partial charge in [-0.1, -0.05) is 30.3 Å². The Morgan fingerprint density at radius 1 is 0.947 bits per heavy atom. The molecule has 0 aromatic heterocycles. The second-order valence-electron chi connectivity index (χ2n) is 3.68. The fraction of sp³-hybridized carbons (Fsp3) is 0.0769. The summed E-state index contributed by atoms with van der Waals surface area (Å²) in [7, 11) is -0.138. The zero-order valence-corrected chi connectivity index (χ0v) is 10.4. The van der Waals surface area contributed by atoms with Crippen molar-refractivity contribution in [1.29, 1.82) is 0 Å². The number of ether oxygens (including phenoxy) is 1. The van der Waals surface area contributed by atoms with Gasteiger partial charge in [0.05, 0.1) is 5.30 Å². The van der Waals surface area contributed by atoms with E-state index >= 15 is 0 Å². The molecular formula is C13H8F3O2P. The van der Waals surface area contributed by atoms with Crippen molar-refractivity contribution in [1.82, 2.24) is 0 Å². The summed E-state index contributed by atoms with van der Waals surface area (Å²) in [6.07, 6.45) is -4.70. The van der Waals surface area contributed by atoms with Crippen LogP contribution in [0.5, 0.6) is 5.75 Å². The van der Waals surface area contributed by atoms with Gasteiger partial charge in [0, 0.05) is 0 Å². The van der Waals surface area contributed by atoms with Gasteiger partial charge in [-0.15, -0.1) is 13.2 Å². The van der Waals surface area contributed by atoms with Crippen LogP contribution in [0.1, 0.15) is 0 Å². The molecule has 0 amide bonds. The molecule has 0 atom stereocenters. The Labute approximate surface area is 109 Å². The van der Waals surface area contributed by atoms with Gasteiger partial charge in [-0.2, -0.15) is 0 Å². The first kappa shape index (κ1) is 13.6. The number of alkyl halides is 3. The molecule has 0 aliphatic rings. The van der Waals surface area contributed by atoms with Gasteiger partial charge in [0.2, 0.25) is 0 Å². The smallest absolute Gasteiger partial charge is 0.406 e. The summed E-state index contributed by atoms with van der Waals surface area (Å²) in [5.41, 5.74) is 1.38. The van der Waals surface area contributed by atoms with Gasteiger partial charge >= 0.3 is 6.36 Å². The highest BCUT2D eigenvalue weighted by Gasteiger charge is 2.30. The molecule has 0 N–H and O–H groups in total. The Morgan fingerprint density at radius 2 is 1.58 bits per heavy atom. The minimum Gasteiger partial charge on any atom is -0.406 e. The summed E-state index contributed by atoms with van der Waals surface area (Å²) in [4.78, 5) is 0. The second kappa shape index (κ2) is 5.41. The Bertz CT molecular complexity index is 579. The molecule has 0 heterocycles. The molecule has 0 spiro atoms. The molecule has 0 saturated carbocycles. The van der Waals surface area contributed by atoms with E-state index in [1.165, 1.54) is 24.3 Å². The van der Waals surface area contributed by atoms with E-state index < -0.39 is 6.36 Å². The third-order valence-electron chi connectivity index (χ3n) is 2.40. The molecule has 0 fully saturated rings. The molecule has 2 aromatic carbocycles. The quantitative estimate of drug-likeness (QED) is 0.791. The highest BCUT2D eigenvalue weighted by molar-refractivity contribution is 7.34. The SMILES string of the molecule is O=Pc1ccccc1-c1ccc(OC(F)(F)F)cc1. The van der Waals surface area contributed by atoms with Gasteiger partial charge in [0.15, 0.2) is 8.46 Å². The van der Waals surface area contributed by atoms with E-state index in [2.05, 4.69) is 4.74 Å². The average Bonchev–Trinajstić information content (AvgIpc) is 2.38. The predicted molar refractivity (Wildman–Crippen MR) is 65.8 cm³/mol. The Balaban J connectivity index is 2.30. The van der Waals surface area contributed by atoms with E-state index in [-0.39, 0.29) is 14.2 Å². The molecule has 2 aromatic rings. The molecule has 19 heavy (non-hydrogen) atoms. The van der Waals surface area contributed by atoms with Crippen molar-refractivity contribution < 1.29 is 22.5 Å². The number of hydrogen-bond acceptors (Lipinski definition) is 2. The highest BCUT2D eigenvalue weighted by Crippen LogP contribution is 2.26. The van der Waals surface area contributed by atoms with Gasteiger partial charge in [-0.3, -0.25) is 4.57 Å². The van der Waals surface area contributed by atoms with E-state index in [1.807, 2.05) is 0 Å². The van der Waals surface area contributed by atoms with Crippen molar-refractivity contribution in [3.8, 4) is 16.9 Å². The van der Waals surface area contributed by atoms with E-state index in [0.717, 1.165) is 0 Å². The summed E-state index contributed by atoms with van der Waals surface area (Å²) in [5.74, 6) is -0.284. The van der Waals surface area contributed by atoms with E-state index in [1.54, 1.807) is 24.3 Å². The molecule has 0 saturated heterocycles. The monoisotopic (exact) mass is 284 g/mol. The van der Waals surface area contributed by atoms with E-state index in [4.69, 9.17) is 0 Å². The lowest BCUT2D eigenvalue weighted by Crippen LogP contribution is -2.16. The van der Waals surface area contributed by atoms with Crippen LogP contribution in [-0.2, 0) is 4.57 Å². The van der Waals surface area contributed by atoms with Crippen LogP contribution >= 0.6 is 8.46 Å². The van der Waals surface area contributed by atoms with Gasteiger partial charge in [-0.05, 0) is 29.3 Å². The molecule has 6 heteroatoms. The maximum absolute atomic E-state index is 12.0. The Hall–Kier alpha value is -1.87. The van der Waals surface area contributed by atoms with E-state index in [9.17, 15) is 17.7 Å². The predicted octanol–water partition coefficient (Wildman–Crippen LogP) is 4.17. The first-order valence-corrected chi connectivity index (χ1v) is 6.09. The minimum absolute atomic E-state index is 0.138. The van der Waals surface area contributed by atoms with Crippen LogP contribution in [0.2, 0.25) is 0 Å². The van der Waals surface area contributed by atoms with Crippen molar-refractivity contribution in [2.45, 2.75) is 6.36 Å². The Kier molecular flexibility index (Phi) is 3.86. The highest BCUT2D eigenvalue weighted by atomic mass is 31.1. The average molecular weight is 284 g/mol. The zero-order chi connectivity index (χ0) is 13.9. The normalized spacial score (nSPS) is 11.5. The number of benzene rings is 2. The summed E-state index contributed by atoms with van der Waals surface area (Å²) in [6.45, 7) is 0. The second-order valence-corrected chi connectivity index (χ2v) is 4.34. The molecule has 0 unspecified atom stereocenters. The standard InChI is InChI=1S/C13H8F3O2P/c14-13(15,16)18-10-7-5-9(6-8-10)11-3-1-2-4-12(11)19-17/h1-8H. The van der Waals surface area contributed by atoms with Crippen LogP contribution in [0, 0.1) is 0 Å². The van der Waals surface area contributed by atoms with Crippen molar-refractivity contribution in [3.63, 3.8) is 0 Å². The first-order chi connectivity index (χ1) is 8.99. The number of hydrogen-bond donors (Lipinski definition) is 0. The van der Waals surface area contributed by atoms with Crippen LogP contribution in [0.15, 0.2) is 48.5 Å². The lowest BCUT2D eigenvalue weighted by molar-refractivity contribution is -0.274. The molecule has 2 rings (SSSR count). The summed E-state index contributed by atoms with van der Waals surface area (Å²) in [6, 6.07) is 12.4. The zero-order valence-electron chi connectivity index (χ0n) is 9.52. The molecule has 0 aliphatic heterocycles. The fourth-order valence-corrected chi connectivity index (χ4v) is 2.08. The third kappa shape index (κ3) is 3.55. The number of halogens is 3.